The van der Waals surface area contributed by atoms with Crippen molar-refractivity contribution in [2.24, 2.45) is 0 Å². The van der Waals surface area contributed by atoms with Gasteiger partial charge >= 0.3 is 0 Å². The minimum atomic E-state index is 0.855. The van der Waals surface area contributed by atoms with E-state index in [9.17, 15) is 0 Å². The number of aromatic nitrogens is 4. The normalized spacial score (nSPS) is 11.3. The summed E-state index contributed by atoms with van der Waals surface area (Å²) in [6, 6.07) is 60.3. The van der Waals surface area contributed by atoms with Gasteiger partial charge in [0.1, 0.15) is 0 Å². The zero-order valence-corrected chi connectivity index (χ0v) is 29.3. The number of rotatable bonds is 4. The number of nitrogens with zero attached hydrogens (tertiary/aromatic N) is 4. The van der Waals surface area contributed by atoms with Gasteiger partial charge in [-0.3, -0.25) is 19.9 Å². The van der Waals surface area contributed by atoms with Gasteiger partial charge in [-0.15, -0.1) is 0 Å². The largest absolute Gasteiger partial charge is 0.255 e. The summed E-state index contributed by atoms with van der Waals surface area (Å²) in [6.45, 7) is 0. The van der Waals surface area contributed by atoms with Crippen molar-refractivity contribution in [3.05, 3.63) is 195 Å². The third-order valence-electron chi connectivity index (χ3n) is 10.3. The average molecular weight is 689 g/mol. The van der Waals surface area contributed by atoms with E-state index in [0.717, 1.165) is 45.0 Å². The predicted molar refractivity (Wildman–Crippen MR) is 225 cm³/mol. The SMILES string of the molecule is c1ccc(-c2ccc(-c3ccc4c5ccccc5c5ccc(-c6ccc(-c7ccccn7)nc6)cc5c5ccccc5c5ccccc5c4c3)cn2)nc1. The second-order valence-electron chi connectivity index (χ2n) is 13.5. The molecule has 0 saturated carbocycles. The Morgan fingerprint density at radius 2 is 0.537 bits per heavy atom. The lowest BCUT2D eigenvalue weighted by Crippen LogP contribution is -1.88. The molecule has 0 aliphatic carbocycles. The minimum absolute atomic E-state index is 0.855. The van der Waals surface area contributed by atoms with Crippen LogP contribution in [0.5, 0.6) is 0 Å². The van der Waals surface area contributed by atoms with Crippen molar-refractivity contribution >= 4 is 53.9 Å². The van der Waals surface area contributed by atoms with E-state index in [1.54, 1.807) is 12.4 Å². The molecule has 4 aromatic heterocycles. The first kappa shape index (κ1) is 31.4. The Labute approximate surface area is 312 Å². The molecule has 54 heavy (non-hydrogen) atoms. The van der Waals surface area contributed by atoms with Gasteiger partial charge < -0.3 is 0 Å². The highest BCUT2D eigenvalue weighted by Crippen LogP contribution is 2.38. The fraction of sp³-hybridized carbons (Fsp3) is 0. The Kier molecular flexibility index (Phi) is 7.77. The van der Waals surface area contributed by atoms with Crippen LogP contribution in [-0.2, 0) is 0 Å². The van der Waals surface area contributed by atoms with Crippen LogP contribution in [0.25, 0.3) is 98.9 Å². The van der Waals surface area contributed by atoms with E-state index in [4.69, 9.17) is 9.97 Å². The van der Waals surface area contributed by atoms with E-state index in [2.05, 4.69) is 143 Å². The molecule has 0 aliphatic rings. The molecule has 0 saturated heterocycles. The Bertz CT molecular complexity index is 2800. The molecular formula is C50H32N4. The summed E-state index contributed by atoms with van der Waals surface area (Å²) in [7, 11) is 0. The Balaban J connectivity index is 1.25. The molecule has 0 atom stereocenters. The second-order valence-corrected chi connectivity index (χ2v) is 13.5. The van der Waals surface area contributed by atoms with Crippen molar-refractivity contribution in [1.82, 2.24) is 19.9 Å². The summed E-state index contributed by atoms with van der Waals surface area (Å²) in [4.78, 5) is 18.6. The topological polar surface area (TPSA) is 51.6 Å². The summed E-state index contributed by atoms with van der Waals surface area (Å²) in [5.74, 6) is 0. The van der Waals surface area contributed by atoms with Gasteiger partial charge in [-0.1, -0.05) is 121 Å². The van der Waals surface area contributed by atoms with E-state index >= 15 is 0 Å². The van der Waals surface area contributed by atoms with Crippen LogP contribution in [0.3, 0.4) is 0 Å². The van der Waals surface area contributed by atoms with Crippen LogP contribution in [0.15, 0.2) is 195 Å². The molecule has 0 spiro atoms. The van der Waals surface area contributed by atoms with Crippen LogP contribution in [0.1, 0.15) is 0 Å². The maximum atomic E-state index is 4.81. The highest BCUT2D eigenvalue weighted by molar-refractivity contribution is 6.26. The molecule has 0 aliphatic heterocycles. The maximum Gasteiger partial charge on any atom is 0.0886 e. The summed E-state index contributed by atoms with van der Waals surface area (Å²) in [5.41, 5.74) is 7.77. The number of fused-ring (bicyclic) bond motifs is 10. The van der Waals surface area contributed by atoms with Crippen LogP contribution in [0.2, 0.25) is 0 Å². The fourth-order valence-corrected chi connectivity index (χ4v) is 7.68. The van der Waals surface area contributed by atoms with Crippen LogP contribution in [0, 0.1) is 0 Å². The van der Waals surface area contributed by atoms with Gasteiger partial charge in [0.2, 0.25) is 0 Å². The molecule has 4 nitrogen and oxygen atoms in total. The summed E-state index contributed by atoms with van der Waals surface area (Å²) in [6.07, 6.45) is 7.51. The molecule has 0 fully saturated rings. The van der Waals surface area contributed by atoms with E-state index < -0.39 is 0 Å². The number of benzene rings is 5. The Hall–Kier alpha value is -7.30. The zero-order valence-electron chi connectivity index (χ0n) is 29.3. The molecule has 252 valence electrons. The molecular weight excluding hydrogens is 657 g/mol. The van der Waals surface area contributed by atoms with Crippen molar-refractivity contribution < 1.29 is 0 Å². The van der Waals surface area contributed by atoms with E-state index in [0.29, 0.717) is 0 Å². The van der Waals surface area contributed by atoms with E-state index in [1.165, 1.54) is 53.9 Å². The van der Waals surface area contributed by atoms with Gasteiger partial charge in [0.25, 0.3) is 0 Å². The highest BCUT2D eigenvalue weighted by Gasteiger charge is 2.12. The lowest BCUT2D eigenvalue weighted by atomic mass is 9.92. The Morgan fingerprint density at radius 3 is 0.870 bits per heavy atom. The third-order valence-corrected chi connectivity index (χ3v) is 10.3. The van der Waals surface area contributed by atoms with Crippen molar-refractivity contribution in [1.29, 1.82) is 0 Å². The molecule has 0 radical (unpaired) electrons. The lowest BCUT2D eigenvalue weighted by Gasteiger charge is -2.12. The molecule has 0 unspecified atom stereocenters. The molecule has 10 aromatic rings. The molecule has 4 heteroatoms. The summed E-state index contributed by atoms with van der Waals surface area (Å²) in [5, 5.41) is 11.8. The van der Waals surface area contributed by atoms with E-state index in [-0.39, 0.29) is 0 Å². The number of hydrogen-bond acceptors (Lipinski definition) is 4. The van der Waals surface area contributed by atoms with Gasteiger partial charge in [0.05, 0.1) is 22.8 Å². The summed E-state index contributed by atoms with van der Waals surface area (Å²) >= 11 is 0. The highest BCUT2D eigenvalue weighted by atomic mass is 14.8. The Morgan fingerprint density at radius 1 is 0.222 bits per heavy atom. The fourth-order valence-electron chi connectivity index (χ4n) is 7.68. The molecule has 0 bridgehead atoms. The smallest absolute Gasteiger partial charge is 0.0886 e. The molecule has 0 amide bonds. The quantitative estimate of drug-likeness (QED) is 0.185. The first-order chi connectivity index (χ1) is 26.8. The van der Waals surface area contributed by atoms with Crippen molar-refractivity contribution in [2.45, 2.75) is 0 Å². The van der Waals surface area contributed by atoms with Gasteiger partial charge in [-0.25, -0.2) is 0 Å². The average Bonchev–Trinajstić information content (AvgIpc) is 3.26. The first-order valence-corrected chi connectivity index (χ1v) is 18.1. The van der Waals surface area contributed by atoms with E-state index in [1.807, 2.05) is 48.8 Å². The summed E-state index contributed by atoms with van der Waals surface area (Å²) < 4.78 is 0. The first-order valence-electron chi connectivity index (χ1n) is 18.1. The molecule has 6 aromatic carbocycles. The number of hydrogen-bond donors (Lipinski definition) is 0. The van der Waals surface area contributed by atoms with Gasteiger partial charge in [0.15, 0.2) is 0 Å². The standard InChI is InChI=1S/C50H32N4/c1-2-14-40-39(13-1)43-23-19-33(35-21-25-49(53-31-35)47-17-7-9-27-51-47)29-45(43)41-15-5-3-11-37(41)38-12-4-6-16-42(38)46-30-34(20-24-44(40)46)36-22-26-50(54-32-36)48-18-8-10-28-52-48/h1-32H. The van der Waals surface area contributed by atoms with Crippen LogP contribution in [-0.4, -0.2) is 19.9 Å². The zero-order chi connectivity index (χ0) is 35.8. The monoisotopic (exact) mass is 688 g/mol. The third kappa shape index (κ3) is 5.58. The molecule has 10 rings (SSSR count). The lowest BCUT2D eigenvalue weighted by molar-refractivity contribution is 1.25. The minimum Gasteiger partial charge on any atom is -0.255 e. The predicted octanol–water partition coefficient (Wildman–Crippen LogP) is 12.8. The number of pyridine rings is 4. The second kappa shape index (κ2) is 13.4. The van der Waals surface area contributed by atoms with Crippen molar-refractivity contribution in [3.8, 4) is 45.0 Å². The van der Waals surface area contributed by atoms with Gasteiger partial charge in [-0.05, 0) is 114 Å². The van der Waals surface area contributed by atoms with Crippen LogP contribution < -0.4 is 0 Å². The maximum absolute atomic E-state index is 4.81. The van der Waals surface area contributed by atoms with Crippen molar-refractivity contribution in [2.75, 3.05) is 0 Å². The van der Waals surface area contributed by atoms with Crippen molar-refractivity contribution in [3.63, 3.8) is 0 Å². The molecule has 4 heterocycles. The van der Waals surface area contributed by atoms with Crippen LogP contribution >= 0.6 is 0 Å². The van der Waals surface area contributed by atoms with Gasteiger partial charge in [-0.2, -0.15) is 0 Å². The van der Waals surface area contributed by atoms with Crippen LogP contribution in [0.4, 0.5) is 0 Å². The molecule has 0 N–H and O–H groups in total. The van der Waals surface area contributed by atoms with Gasteiger partial charge in [0, 0.05) is 35.9 Å².